The van der Waals surface area contributed by atoms with Gasteiger partial charge in [-0.2, -0.15) is 0 Å². The third-order valence-corrected chi connectivity index (χ3v) is 5.90. The summed E-state index contributed by atoms with van der Waals surface area (Å²) in [5.41, 5.74) is 1.03. The van der Waals surface area contributed by atoms with Gasteiger partial charge in [-0.15, -0.1) is 11.8 Å². The SMILES string of the molecule is CNC(CSc1ccccc1Br)c1cccc(Cl)c1Cl. The van der Waals surface area contributed by atoms with Gasteiger partial charge in [-0.25, -0.2) is 0 Å². The van der Waals surface area contributed by atoms with Crippen molar-refractivity contribution in [2.24, 2.45) is 0 Å². The fourth-order valence-electron chi connectivity index (χ4n) is 1.85. The Balaban J connectivity index is 2.14. The van der Waals surface area contributed by atoms with E-state index < -0.39 is 0 Å². The van der Waals surface area contributed by atoms with Crippen molar-refractivity contribution < 1.29 is 0 Å². The van der Waals surface area contributed by atoms with Crippen molar-refractivity contribution in [2.45, 2.75) is 10.9 Å². The number of hydrogen-bond acceptors (Lipinski definition) is 2. The summed E-state index contributed by atoms with van der Waals surface area (Å²) in [7, 11) is 1.93. The Morgan fingerprint density at radius 1 is 1.15 bits per heavy atom. The fourth-order valence-corrected chi connectivity index (χ4v) is 3.99. The fraction of sp³-hybridized carbons (Fsp3) is 0.200. The van der Waals surface area contributed by atoms with Crippen LogP contribution in [0.2, 0.25) is 10.0 Å². The van der Waals surface area contributed by atoms with Crippen LogP contribution in [0.1, 0.15) is 11.6 Å². The molecule has 0 bridgehead atoms. The molecule has 1 N–H and O–H groups in total. The molecule has 0 radical (unpaired) electrons. The molecule has 5 heteroatoms. The highest BCUT2D eigenvalue weighted by atomic mass is 79.9. The van der Waals surface area contributed by atoms with E-state index in [0.29, 0.717) is 10.0 Å². The van der Waals surface area contributed by atoms with E-state index in [-0.39, 0.29) is 6.04 Å². The summed E-state index contributed by atoms with van der Waals surface area (Å²) in [5.74, 6) is 0.874. The standard InChI is InChI=1S/C15H14BrCl2NS/c1-19-13(10-5-4-7-12(17)15(10)18)9-20-14-8-3-2-6-11(14)16/h2-8,13,19H,9H2,1H3. The maximum absolute atomic E-state index is 6.29. The van der Waals surface area contributed by atoms with Crippen LogP contribution in [0, 0.1) is 0 Å². The van der Waals surface area contributed by atoms with Crippen LogP contribution in [0.15, 0.2) is 51.8 Å². The minimum atomic E-state index is 0.151. The topological polar surface area (TPSA) is 12.0 Å². The van der Waals surface area contributed by atoms with Crippen LogP contribution in [0.25, 0.3) is 0 Å². The van der Waals surface area contributed by atoms with Crippen molar-refractivity contribution in [2.75, 3.05) is 12.8 Å². The first-order chi connectivity index (χ1) is 9.63. The van der Waals surface area contributed by atoms with E-state index in [0.717, 1.165) is 15.8 Å². The first kappa shape index (κ1) is 16.2. The first-order valence-electron chi connectivity index (χ1n) is 6.12. The molecule has 0 fully saturated rings. The quantitative estimate of drug-likeness (QED) is 0.646. The van der Waals surface area contributed by atoms with Gasteiger partial charge in [-0.3, -0.25) is 0 Å². The first-order valence-corrected chi connectivity index (χ1v) is 8.65. The van der Waals surface area contributed by atoms with Gasteiger partial charge in [0, 0.05) is 21.2 Å². The summed E-state index contributed by atoms with van der Waals surface area (Å²) in [6.07, 6.45) is 0. The van der Waals surface area contributed by atoms with Crippen LogP contribution in [0.5, 0.6) is 0 Å². The highest BCUT2D eigenvalue weighted by molar-refractivity contribution is 9.10. The third-order valence-electron chi connectivity index (χ3n) is 2.95. The minimum absolute atomic E-state index is 0.151. The molecule has 1 atom stereocenters. The van der Waals surface area contributed by atoms with Gasteiger partial charge < -0.3 is 5.32 Å². The van der Waals surface area contributed by atoms with E-state index >= 15 is 0 Å². The van der Waals surface area contributed by atoms with Gasteiger partial charge in [0.1, 0.15) is 0 Å². The van der Waals surface area contributed by atoms with E-state index in [1.807, 2.05) is 37.4 Å². The smallest absolute Gasteiger partial charge is 0.0640 e. The maximum atomic E-state index is 6.29. The van der Waals surface area contributed by atoms with Crippen LogP contribution in [0.4, 0.5) is 0 Å². The lowest BCUT2D eigenvalue weighted by Gasteiger charge is -2.18. The lowest BCUT2D eigenvalue weighted by atomic mass is 10.1. The van der Waals surface area contributed by atoms with E-state index in [1.165, 1.54) is 4.90 Å². The molecule has 0 saturated heterocycles. The molecule has 0 heterocycles. The number of hydrogen-bond donors (Lipinski definition) is 1. The second kappa shape index (κ2) is 7.71. The van der Waals surface area contributed by atoms with Gasteiger partial charge in [0.25, 0.3) is 0 Å². The van der Waals surface area contributed by atoms with Crippen LogP contribution in [0.3, 0.4) is 0 Å². The van der Waals surface area contributed by atoms with Crippen molar-refractivity contribution in [1.29, 1.82) is 0 Å². The molecule has 0 amide bonds. The Hall–Kier alpha value is -0.190. The maximum Gasteiger partial charge on any atom is 0.0640 e. The normalized spacial score (nSPS) is 12.4. The Bertz CT molecular complexity index is 592. The molecule has 0 aliphatic heterocycles. The lowest BCUT2D eigenvalue weighted by molar-refractivity contribution is 0.662. The molecule has 2 aromatic rings. The number of rotatable bonds is 5. The van der Waals surface area contributed by atoms with Gasteiger partial charge in [0.05, 0.1) is 10.0 Å². The van der Waals surface area contributed by atoms with Gasteiger partial charge in [0.15, 0.2) is 0 Å². The molecular formula is C15H14BrCl2NS. The van der Waals surface area contributed by atoms with Gasteiger partial charge >= 0.3 is 0 Å². The summed E-state index contributed by atoms with van der Waals surface area (Å²) >= 11 is 17.7. The molecule has 2 aromatic carbocycles. The Morgan fingerprint density at radius 2 is 1.90 bits per heavy atom. The van der Waals surface area contributed by atoms with Crippen LogP contribution in [-0.4, -0.2) is 12.8 Å². The largest absolute Gasteiger partial charge is 0.312 e. The summed E-state index contributed by atoms with van der Waals surface area (Å²) in [5, 5.41) is 4.52. The molecule has 0 aliphatic rings. The Labute approximate surface area is 142 Å². The van der Waals surface area contributed by atoms with Crippen molar-refractivity contribution in [1.82, 2.24) is 5.32 Å². The Morgan fingerprint density at radius 3 is 2.60 bits per heavy atom. The van der Waals surface area contributed by atoms with Crippen LogP contribution in [-0.2, 0) is 0 Å². The summed E-state index contributed by atoms with van der Waals surface area (Å²) in [6, 6.07) is 14.1. The summed E-state index contributed by atoms with van der Waals surface area (Å²) in [6.45, 7) is 0. The van der Waals surface area contributed by atoms with Gasteiger partial charge in [-0.05, 0) is 46.7 Å². The lowest BCUT2D eigenvalue weighted by Crippen LogP contribution is -2.19. The van der Waals surface area contributed by atoms with Crippen molar-refractivity contribution >= 4 is 50.9 Å². The van der Waals surface area contributed by atoms with Crippen molar-refractivity contribution in [3.05, 3.63) is 62.5 Å². The van der Waals surface area contributed by atoms with Crippen LogP contribution < -0.4 is 5.32 Å². The predicted molar refractivity (Wildman–Crippen MR) is 93.1 cm³/mol. The monoisotopic (exact) mass is 389 g/mol. The second-order valence-corrected chi connectivity index (χ2v) is 6.93. The third kappa shape index (κ3) is 3.92. The van der Waals surface area contributed by atoms with E-state index in [4.69, 9.17) is 23.2 Å². The van der Waals surface area contributed by atoms with Crippen molar-refractivity contribution in [3.8, 4) is 0 Å². The molecule has 1 nitrogen and oxygen atoms in total. The molecule has 0 spiro atoms. The van der Waals surface area contributed by atoms with E-state index in [2.05, 4.69) is 27.3 Å². The number of thioether (sulfide) groups is 1. The zero-order valence-corrected chi connectivity index (χ0v) is 14.8. The van der Waals surface area contributed by atoms with E-state index in [9.17, 15) is 0 Å². The second-order valence-electron chi connectivity index (χ2n) is 4.23. The Kier molecular flexibility index (Phi) is 6.24. The molecule has 1 unspecified atom stereocenters. The predicted octanol–water partition coefficient (Wildman–Crippen LogP) is 5.81. The van der Waals surface area contributed by atoms with Gasteiger partial charge in [-0.1, -0.05) is 47.5 Å². The molecule has 20 heavy (non-hydrogen) atoms. The molecule has 106 valence electrons. The highest BCUT2D eigenvalue weighted by Crippen LogP contribution is 2.34. The molecule has 0 saturated carbocycles. The molecular weight excluding hydrogens is 377 g/mol. The number of halogens is 3. The van der Waals surface area contributed by atoms with Crippen molar-refractivity contribution in [3.63, 3.8) is 0 Å². The average molecular weight is 391 g/mol. The zero-order chi connectivity index (χ0) is 14.5. The number of benzene rings is 2. The minimum Gasteiger partial charge on any atom is -0.312 e. The molecule has 0 aromatic heterocycles. The van der Waals surface area contributed by atoms with E-state index in [1.54, 1.807) is 17.8 Å². The average Bonchev–Trinajstić information content (AvgIpc) is 2.45. The highest BCUT2D eigenvalue weighted by Gasteiger charge is 2.15. The van der Waals surface area contributed by atoms with Crippen LogP contribution >= 0.6 is 50.9 Å². The molecule has 0 aliphatic carbocycles. The zero-order valence-electron chi connectivity index (χ0n) is 10.9. The number of nitrogens with one attached hydrogen (secondary N) is 1. The summed E-state index contributed by atoms with van der Waals surface area (Å²) < 4.78 is 1.11. The van der Waals surface area contributed by atoms with Gasteiger partial charge in [0.2, 0.25) is 0 Å². The summed E-state index contributed by atoms with van der Waals surface area (Å²) in [4.78, 5) is 1.21. The molecule has 2 rings (SSSR count).